The predicted molar refractivity (Wildman–Crippen MR) is 113 cm³/mol. The normalized spacial score (nSPS) is 13.8. The summed E-state index contributed by atoms with van der Waals surface area (Å²) in [5.74, 6) is -1.97. The maximum absolute atomic E-state index is 13.1. The van der Waals surface area contributed by atoms with Crippen molar-refractivity contribution in [1.29, 1.82) is 0 Å². The lowest BCUT2D eigenvalue weighted by molar-refractivity contribution is -0.137. The fraction of sp³-hybridized carbons (Fsp3) is 0.167. The van der Waals surface area contributed by atoms with Gasteiger partial charge in [0.05, 0.1) is 18.1 Å². The van der Waals surface area contributed by atoms with E-state index in [0.29, 0.717) is 0 Å². The maximum atomic E-state index is 13.1. The second kappa shape index (κ2) is 8.47. The molecule has 1 aliphatic rings. The number of benzene rings is 3. The zero-order chi connectivity index (χ0) is 22.9. The Balaban J connectivity index is 1.53. The number of aliphatic hydroxyl groups excluding tert-OH is 1. The van der Waals surface area contributed by atoms with Gasteiger partial charge in [-0.25, -0.2) is 0 Å². The number of anilines is 1. The van der Waals surface area contributed by atoms with Crippen LogP contribution in [0, 0.1) is 0 Å². The molecule has 0 radical (unpaired) electrons. The first-order valence-electron chi connectivity index (χ1n) is 9.87. The standard InChI is InChI=1S/C24H19F3N2O3/c25-24(26,27)14-6-5-7-15(12-14)28-22(31)20(13-30)29-23(32)21-18-10-3-1-8-16(18)17-9-2-4-11-19(17)21/h1-12,20-21,30H,13H2,(H,28,31)(H,29,32). The molecule has 3 aromatic carbocycles. The van der Waals surface area contributed by atoms with Gasteiger partial charge in [-0.1, -0.05) is 54.6 Å². The van der Waals surface area contributed by atoms with Crippen LogP contribution in [0.5, 0.6) is 0 Å². The van der Waals surface area contributed by atoms with Gasteiger partial charge < -0.3 is 15.7 Å². The van der Waals surface area contributed by atoms with Gasteiger partial charge in [0, 0.05) is 5.69 Å². The molecular weight excluding hydrogens is 421 g/mol. The maximum Gasteiger partial charge on any atom is 0.416 e. The Morgan fingerprint density at radius 3 is 2.06 bits per heavy atom. The summed E-state index contributed by atoms with van der Waals surface area (Å²) in [4.78, 5) is 25.7. The fourth-order valence-corrected chi connectivity index (χ4v) is 3.89. The smallest absolute Gasteiger partial charge is 0.394 e. The van der Waals surface area contributed by atoms with Gasteiger partial charge in [-0.3, -0.25) is 9.59 Å². The summed E-state index contributed by atoms with van der Waals surface area (Å²) < 4.78 is 38.7. The molecule has 0 heterocycles. The third kappa shape index (κ3) is 4.09. The molecule has 0 saturated heterocycles. The fourth-order valence-electron chi connectivity index (χ4n) is 3.89. The van der Waals surface area contributed by atoms with Gasteiger partial charge in [-0.2, -0.15) is 13.2 Å². The Morgan fingerprint density at radius 2 is 1.50 bits per heavy atom. The van der Waals surface area contributed by atoms with E-state index in [1.54, 1.807) is 0 Å². The quantitative estimate of drug-likeness (QED) is 0.563. The van der Waals surface area contributed by atoms with Crippen LogP contribution in [-0.4, -0.2) is 29.6 Å². The topological polar surface area (TPSA) is 78.4 Å². The summed E-state index contributed by atoms with van der Waals surface area (Å²) >= 11 is 0. The van der Waals surface area contributed by atoms with E-state index in [1.165, 1.54) is 6.07 Å². The lowest BCUT2D eigenvalue weighted by Gasteiger charge is -2.20. The molecule has 32 heavy (non-hydrogen) atoms. The number of halogens is 3. The molecule has 0 saturated carbocycles. The third-order valence-corrected chi connectivity index (χ3v) is 5.37. The molecule has 5 nitrogen and oxygen atoms in total. The van der Waals surface area contributed by atoms with E-state index in [2.05, 4.69) is 10.6 Å². The Kier molecular flexibility index (Phi) is 5.71. The highest BCUT2D eigenvalue weighted by molar-refractivity contribution is 6.01. The number of carbonyl (C=O) groups excluding carboxylic acids is 2. The van der Waals surface area contributed by atoms with Crippen molar-refractivity contribution in [2.24, 2.45) is 0 Å². The van der Waals surface area contributed by atoms with Crippen molar-refractivity contribution in [3.05, 3.63) is 89.5 Å². The Hall–Kier alpha value is -3.65. The molecular formula is C24H19F3N2O3. The largest absolute Gasteiger partial charge is 0.416 e. The summed E-state index contributed by atoms with van der Waals surface area (Å²) in [6, 6.07) is 17.6. The van der Waals surface area contributed by atoms with E-state index >= 15 is 0 Å². The number of fused-ring (bicyclic) bond motifs is 3. The first-order chi connectivity index (χ1) is 15.3. The van der Waals surface area contributed by atoms with Gasteiger partial charge in [0.25, 0.3) is 0 Å². The van der Waals surface area contributed by atoms with Crippen molar-refractivity contribution in [2.75, 3.05) is 11.9 Å². The van der Waals surface area contributed by atoms with Crippen molar-refractivity contribution in [3.8, 4) is 11.1 Å². The molecule has 0 spiro atoms. The molecule has 164 valence electrons. The minimum atomic E-state index is -4.56. The predicted octanol–water partition coefficient (Wildman–Crippen LogP) is 3.93. The number of hydrogen-bond donors (Lipinski definition) is 3. The van der Waals surface area contributed by atoms with Crippen molar-refractivity contribution in [3.63, 3.8) is 0 Å². The van der Waals surface area contributed by atoms with E-state index in [-0.39, 0.29) is 5.69 Å². The van der Waals surface area contributed by atoms with Crippen LogP contribution < -0.4 is 10.6 Å². The summed E-state index contributed by atoms with van der Waals surface area (Å²) in [7, 11) is 0. The van der Waals surface area contributed by atoms with Crippen LogP contribution in [0.3, 0.4) is 0 Å². The van der Waals surface area contributed by atoms with E-state index in [4.69, 9.17) is 0 Å². The highest BCUT2D eigenvalue weighted by atomic mass is 19.4. The van der Waals surface area contributed by atoms with Crippen LogP contribution in [0.15, 0.2) is 72.8 Å². The summed E-state index contributed by atoms with van der Waals surface area (Å²) in [6.07, 6.45) is -4.56. The summed E-state index contributed by atoms with van der Waals surface area (Å²) in [6.45, 7) is -0.716. The average molecular weight is 440 g/mol. The second-order valence-corrected chi connectivity index (χ2v) is 7.42. The van der Waals surface area contributed by atoms with Crippen molar-refractivity contribution in [1.82, 2.24) is 5.32 Å². The van der Waals surface area contributed by atoms with Crippen molar-refractivity contribution < 1.29 is 27.9 Å². The van der Waals surface area contributed by atoms with Gasteiger partial charge >= 0.3 is 6.18 Å². The number of hydrogen-bond acceptors (Lipinski definition) is 3. The van der Waals surface area contributed by atoms with E-state index in [1.807, 2.05) is 48.5 Å². The van der Waals surface area contributed by atoms with Crippen LogP contribution in [0.2, 0.25) is 0 Å². The molecule has 1 aliphatic carbocycles. The zero-order valence-corrected chi connectivity index (χ0v) is 16.7. The van der Waals surface area contributed by atoms with Crippen LogP contribution in [0.4, 0.5) is 18.9 Å². The van der Waals surface area contributed by atoms with Crippen molar-refractivity contribution >= 4 is 17.5 Å². The molecule has 0 aromatic heterocycles. The summed E-state index contributed by atoms with van der Waals surface area (Å²) in [5.41, 5.74) is 2.38. The molecule has 3 aromatic rings. The van der Waals surface area contributed by atoms with Crippen molar-refractivity contribution in [2.45, 2.75) is 18.1 Å². The van der Waals surface area contributed by atoms with Gasteiger partial charge in [0.2, 0.25) is 11.8 Å². The minimum absolute atomic E-state index is 0.0888. The molecule has 1 unspecified atom stereocenters. The minimum Gasteiger partial charge on any atom is -0.394 e. The number of nitrogens with one attached hydrogen (secondary N) is 2. The Bertz CT molecular complexity index is 1130. The van der Waals surface area contributed by atoms with Gasteiger partial charge in [-0.05, 0) is 40.5 Å². The van der Waals surface area contributed by atoms with Crippen LogP contribution >= 0.6 is 0 Å². The highest BCUT2D eigenvalue weighted by Crippen LogP contribution is 2.44. The van der Waals surface area contributed by atoms with Gasteiger partial charge in [0.1, 0.15) is 6.04 Å². The number of aliphatic hydroxyl groups is 1. The van der Waals surface area contributed by atoms with E-state index in [0.717, 1.165) is 40.5 Å². The van der Waals surface area contributed by atoms with Gasteiger partial charge in [0.15, 0.2) is 0 Å². The van der Waals surface area contributed by atoms with E-state index in [9.17, 15) is 27.9 Å². The SMILES string of the molecule is O=C(Nc1cccc(C(F)(F)F)c1)C(CO)NC(=O)C1c2ccccc2-c2ccccc21. The lowest BCUT2D eigenvalue weighted by Crippen LogP contribution is -2.47. The first kappa shape index (κ1) is 21.6. The molecule has 2 amide bonds. The molecule has 0 aliphatic heterocycles. The highest BCUT2D eigenvalue weighted by Gasteiger charge is 2.35. The molecule has 0 fully saturated rings. The van der Waals surface area contributed by atoms with E-state index < -0.39 is 42.1 Å². The molecule has 0 bridgehead atoms. The van der Waals surface area contributed by atoms with Crippen LogP contribution in [0.25, 0.3) is 11.1 Å². The van der Waals surface area contributed by atoms with Crippen LogP contribution in [0.1, 0.15) is 22.6 Å². The lowest BCUT2D eigenvalue weighted by atomic mass is 9.95. The number of carbonyl (C=O) groups is 2. The summed E-state index contributed by atoms with van der Waals surface area (Å²) in [5, 5.41) is 14.5. The Labute approximate surface area is 181 Å². The number of rotatable bonds is 5. The van der Waals surface area contributed by atoms with Gasteiger partial charge in [-0.15, -0.1) is 0 Å². The third-order valence-electron chi connectivity index (χ3n) is 5.37. The number of alkyl halides is 3. The molecule has 1 atom stereocenters. The molecule has 4 rings (SSSR count). The first-order valence-corrected chi connectivity index (χ1v) is 9.87. The molecule has 8 heteroatoms. The Morgan fingerprint density at radius 1 is 0.906 bits per heavy atom. The zero-order valence-electron chi connectivity index (χ0n) is 16.7. The van der Waals surface area contributed by atoms with Crippen LogP contribution in [-0.2, 0) is 15.8 Å². The molecule has 3 N–H and O–H groups in total. The average Bonchev–Trinajstić information content (AvgIpc) is 3.11. The number of amides is 2. The second-order valence-electron chi connectivity index (χ2n) is 7.42. The monoisotopic (exact) mass is 440 g/mol.